The summed E-state index contributed by atoms with van der Waals surface area (Å²) < 4.78 is 15.5. The number of nitrogens with one attached hydrogen (secondary N) is 1. The summed E-state index contributed by atoms with van der Waals surface area (Å²) in [6.45, 7) is 4.31. The molecule has 1 N–H and O–H groups in total. The Kier molecular flexibility index (Phi) is 2.94. The van der Waals surface area contributed by atoms with Gasteiger partial charge in [0.05, 0.1) is 19.8 Å². The van der Waals surface area contributed by atoms with Crippen molar-refractivity contribution in [1.82, 2.24) is 4.72 Å². The Labute approximate surface area is 110 Å². The second kappa shape index (κ2) is 4.23. The topological polar surface area (TPSA) is 30.5 Å². The van der Waals surface area contributed by atoms with Gasteiger partial charge in [-0.25, -0.2) is 0 Å². The van der Waals surface area contributed by atoms with E-state index in [-0.39, 0.29) is 0 Å². The molecule has 100 valence electrons. The van der Waals surface area contributed by atoms with Gasteiger partial charge in [-0.1, -0.05) is 31.2 Å². The molecule has 1 fully saturated rings. The molecule has 2 heterocycles. The van der Waals surface area contributed by atoms with Crippen molar-refractivity contribution in [3.05, 3.63) is 34.8 Å². The molecule has 0 aromatic heterocycles. The van der Waals surface area contributed by atoms with Crippen LogP contribution in [0.2, 0.25) is 0 Å². The fraction of sp³-hybridized carbons (Fsp3) is 0.571. The number of allylic oxidation sites excluding steroid dienone is 3. The minimum Gasteiger partial charge on any atom is -0.342 e. The zero-order valence-corrected chi connectivity index (χ0v) is 12.0. The van der Waals surface area contributed by atoms with E-state index >= 15 is 0 Å². The summed E-state index contributed by atoms with van der Waals surface area (Å²) in [5, 5.41) is 0. The summed E-state index contributed by atoms with van der Waals surface area (Å²) in [5.41, 5.74) is 1.22. The van der Waals surface area contributed by atoms with Gasteiger partial charge in [-0.15, -0.1) is 0 Å². The van der Waals surface area contributed by atoms with Crippen LogP contribution in [0.15, 0.2) is 34.8 Å². The van der Waals surface area contributed by atoms with Crippen LogP contribution in [0.5, 0.6) is 0 Å². The molecule has 0 bridgehead atoms. The van der Waals surface area contributed by atoms with Crippen molar-refractivity contribution < 1.29 is 9.47 Å². The zero-order chi connectivity index (χ0) is 12.8. The Balaban J connectivity index is 2.13. The molecule has 1 aliphatic carbocycles. The molecular weight excluding hydrogens is 246 g/mol. The molecule has 3 aliphatic rings. The molecule has 1 spiro atoms. The van der Waals surface area contributed by atoms with Gasteiger partial charge in [0.15, 0.2) is 0 Å². The maximum absolute atomic E-state index is 5.92. The Morgan fingerprint density at radius 3 is 2.61 bits per heavy atom. The fourth-order valence-electron chi connectivity index (χ4n) is 2.64. The zero-order valence-electron chi connectivity index (χ0n) is 11.2. The van der Waals surface area contributed by atoms with E-state index in [0.29, 0.717) is 19.1 Å². The van der Waals surface area contributed by atoms with E-state index in [4.69, 9.17) is 9.47 Å². The molecule has 2 aliphatic heterocycles. The summed E-state index contributed by atoms with van der Waals surface area (Å²) in [5.74, 6) is -0.0906. The summed E-state index contributed by atoms with van der Waals surface area (Å²) in [6.07, 6.45) is 13.5. The lowest BCUT2D eigenvalue weighted by Crippen LogP contribution is -2.48. The monoisotopic (exact) mass is 267 g/mol. The number of fused-ring (bicyclic) bond motifs is 1. The van der Waals surface area contributed by atoms with Gasteiger partial charge >= 0.3 is 0 Å². The Hall–Kier alpha value is -0.550. The first-order valence-electron chi connectivity index (χ1n) is 6.41. The van der Waals surface area contributed by atoms with Gasteiger partial charge < -0.3 is 9.47 Å². The molecule has 0 aromatic carbocycles. The Morgan fingerprint density at radius 1 is 1.22 bits per heavy atom. The number of rotatable bonds is 0. The summed E-state index contributed by atoms with van der Waals surface area (Å²) in [4.78, 5) is 1.36. The van der Waals surface area contributed by atoms with E-state index in [1.165, 1.54) is 10.5 Å². The van der Waals surface area contributed by atoms with Crippen molar-refractivity contribution in [2.75, 3.05) is 32.3 Å². The van der Waals surface area contributed by atoms with Gasteiger partial charge in [0.25, 0.3) is 0 Å². The maximum atomic E-state index is 5.92. The van der Waals surface area contributed by atoms with Crippen molar-refractivity contribution in [2.45, 2.75) is 12.7 Å². The van der Waals surface area contributed by atoms with E-state index in [9.17, 15) is 0 Å². The first-order chi connectivity index (χ1) is 8.54. The normalized spacial score (nSPS) is 34.5. The second-order valence-electron chi connectivity index (χ2n) is 5.45. The third-order valence-corrected chi connectivity index (χ3v) is 6.08. The average Bonchev–Trinajstić information content (AvgIpc) is 2.69. The molecule has 0 saturated carbocycles. The van der Waals surface area contributed by atoms with Crippen LogP contribution in [0, 0.1) is 5.92 Å². The quantitative estimate of drug-likeness (QED) is 0.730. The first kappa shape index (κ1) is 12.5. The summed E-state index contributed by atoms with van der Waals surface area (Å²) >= 11 is 0. The third-order valence-electron chi connectivity index (χ3n) is 3.76. The summed E-state index contributed by atoms with van der Waals surface area (Å²) in [7, 11) is -0.962. The molecule has 3 nitrogen and oxygen atoms in total. The van der Waals surface area contributed by atoms with Crippen LogP contribution in [0.1, 0.15) is 6.92 Å². The number of hydrogen-bond donors (Lipinski definition) is 1. The molecule has 0 radical (unpaired) electrons. The molecule has 3 rings (SSSR count). The van der Waals surface area contributed by atoms with E-state index in [1.807, 2.05) is 0 Å². The van der Waals surface area contributed by atoms with Gasteiger partial charge in [0.1, 0.15) is 0 Å². The smallest absolute Gasteiger partial charge is 0.209 e. The van der Waals surface area contributed by atoms with Crippen LogP contribution < -0.4 is 4.72 Å². The maximum Gasteiger partial charge on any atom is 0.209 e. The van der Waals surface area contributed by atoms with E-state index in [0.717, 1.165) is 6.54 Å². The lowest BCUT2D eigenvalue weighted by molar-refractivity contribution is -0.117. The Morgan fingerprint density at radius 2 is 1.89 bits per heavy atom. The van der Waals surface area contributed by atoms with Gasteiger partial charge in [0.2, 0.25) is 5.79 Å². The van der Waals surface area contributed by atoms with Crippen LogP contribution in [0.25, 0.3) is 0 Å². The molecular formula is C14H21NO2S. The van der Waals surface area contributed by atoms with E-state index < -0.39 is 16.0 Å². The number of hydrogen-bond acceptors (Lipinski definition) is 3. The molecule has 18 heavy (non-hydrogen) atoms. The van der Waals surface area contributed by atoms with E-state index in [1.54, 1.807) is 0 Å². The van der Waals surface area contributed by atoms with Crippen molar-refractivity contribution in [3.63, 3.8) is 0 Å². The molecule has 0 aromatic rings. The lowest BCUT2D eigenvalue weighted by Gasteiger charge is -2.45. The third kappa shape index (κ3) is 1.88. The molecule has 4 heteroatoms. The van der Waals surface area contributed by atoms with Gasteiger partial charge in [-0.2, -0.15) is 10.2 Å². The predicted octanol–water partition coefficient (Wildman–Crippen LogP) is 2.33. The Bertz CT molecular complexity index is 445. The van der Waals surface area contributed by atoms with Crippen LogP contribution in [-0.4, -0.2) is 38.1 Å². The minimum atomic E-state index is -0.962. The first-order valence-corrected chi connectivity index (χ1v) is 8.85. The van der Waals surface area contributed by atoms with E-state index in [2.05, 4.69) is 48.5 Å². The van der Waals surface area contributed by atoms with Crippen LogP contribution in [-0.2, 0) is 9.47 Å². The highest BCUT2D eigenvalue weighted by atomic mass is 32.3. The highest BCUT2D eigenvalue weighted by Crippen LogP contribution is 2.54. The van der Waals surface area contributed by atoms with Crippen LogP contribution in [0.3, 0.4) is 0 Å². The highest BCUT2D eigenvalue weighted by Gasteiger charge is 2.46. The lowest BCUT2D eigenvalue weighted by atomic mass is 10.0. The molecule has 1 unspecified atom stereocenters. The van der Waals surface area contributed by atoms with Gasteiger partial charge in [-0.05, 0) is 18.4 Å². The van der Waals surface area contributed by atoms with Crippen LogP contribution in [0.4, 0.5) is 0 Å². The second-order valence-corrected chi connectivity index (χ2v) is 8.84. The summed E-state index contributed by atoms with van der Waals surface area (Å²) in [6, 6.07) is 0. The highest BCUT2D eigenvalue weighted by molar-refractivity contribution is 8.34. The predicted molar refractivity (Wildman–Crippen MR) is 76.5 cm³/mol. The van der Waals surface area contributed by atoms with Crippen molar-refractivity contribution in [1.29, 1.82) is 0 Å². The standard InChI is InChI=1S/C14H21NO2S/c1-11-4-6-12-13(7-5-11)18(2,3)15-10-14(12)16-8-9-17-14/h4-7,11,15H,8-10H2,1-3H3. The molecule has 0 amide bonds. The average molecular weight is 267 g/mol. The van der Waals surface area contributed by atoms with Crippen molar-refractivity contribution in [3.8, 4) is 0 Å². The van der Waals surface area contributed by atoms with Crippen molar-refractivity contribution >= 4 is 10.2 Å². The van der Waals surface area contributed by atoms with Gasteiger partial charge in [0, 0.05) is 10.5 Å². The molecule has 1 atom stereocenters. The number of ether oxygens (including phenoxy) is 2. The SMILES string of the molecule is CC1C=CC2=C(C=C1)S(C)(C)NCC21OCCO1. The minimum absolute atomic E-state index is 0.462. The fourth-order valence-corrected chi connectivity index (χ4v) is 4.54. The van der Waals surface area contributed by atoms with Crippen molar-refractivity contribution in [2.24, 2.45) is 5.92 Å². The molecule has 1 saturated heterocycles. The largest absolute Gasteiger partial charge is 0.342 e. The van der Waals surface area contributed by atoms with Crippen LogP contribution >= 0.6 is 10.2 Å². The van der Waals surface area contributed by atoms with Gasteiger partial charge in [-0.3, -0.25) is 4.72 Å².